The van der Waals surface area contributed by atoms with E-state index in [9.17, 15) is 4.79 Å². The van der Waals surface area contributed by atoms with Crippen molar-refractivity contribution in [1.29, 1.82) is 0 Å². The van der Waals surface area contributed by atoms with E-state index in [0.717, 1.165) is 43.2 Å². The number of halogens is 1. The van der Waals surface area contributed by atoms with Gasteiger partial charge >= 0.3 is 0 Å². The van der Waals surface area contributed by atoms with Gasteiger partial charge in [-0.3, -0.25) is 4.79 Å². The molecule has 148 valence electrons. The van der Waals surface area contributed by atoms with Crippen LogP contribution in [0.3, 0.4) is 0 Å². The third-order valence-corrected chi connectivity index (χ3v) is 5.98. The van der Waals surface area contributed by atoms with Gasteiger partial charge in [0.1, 0.15) is 5.75 Å². The van der Waals surface area contributed by atoms with Crippen molar-refractivity contribution in [3.63, 3.8) is 0 Å². The number of rotatable bonds is 5. The monoisotopic (exact) mass is 469 g/mol. The van der Waals surface area contributed by atoms with Crippen LogP contribution in [-0.4, -0.2) is 5.91 Å². The standard InChI is InChI=1S/C23H20BrNO3S/c1-15(26)25-20-7-9-21(10-8-20)29-14-18-12-19(24)11-17-13-27-23(28-22(17)18)16-5-3-2-4-6-16/h2-12,23H,13-14H2,1H3,(H,25,26)/t23-/m1/s1. The Morgan fingerprint density at radius 1 is 1.14 bits per heavy atom. The normalized spacial score (nSPS) is 15.3. The summed E-state index contributed by atoms with van der Waals surface area (Å²) in [5.74, 6) is 1.59. The average molecular weight is 470 g/mol. The topological polar surface area (TPSA) is 47.6 Å². The maximum absolute atomic E-state index is 11.2. The maximum Gasteiger partial charge on any atom is 0.227 e. The zero-order valence-corrected chi connectivity index (χ0v) is 18.3. The van der Waals surface area contributed by atoms with Crippen LogP contribution >= 0.6 is 27.7 Å². The highest BCUT2D eigenvalue weighted by molar-refractivity contribution is 9.10. The lowest BCUT2D eigenvalue weighted by molar-refractivity contribution is -0.114. The Bertz CT molecular complexity index is 1010. The molecule has 0 aromatic heterocycles. The Balaban J connectivity index is 1.51. The highest BCUT2D eigenvalue weighted by Crippen LogP contribution is 2.40. The van der Waals surface area contributed by atoms with Crippen molar-refractivity contribution in [2.24, 2.45) is 0 Å². The molecule has 3 aromatic rings. The van der Waals surface area contributed by atoms with Gasteiger partial charge in [0.15, 0.2) is 0 Å². The summed E-state index contributed by atoms with van der Waals surface area (Å²) in [5, 5.41) is 2.79. The Kier molecular flexibility index (Phi) is 6.23. The number of benzene rings is 3. The molecule has 0 bridgehead atoms. The third kappa shape index (κ3) is 5.01. The quantitative estimate of drug-likeness (QED) is 0.444. The number of carbonyl (C=O) groups excluding carboxylic acids is 1. The molecule has 6 heteroatoms. The first-order chi connectivity index (χ1) is 14.1. The minimum atomic E-state index is -0.398. The fourth-order valence-electron chi connectivity index (χ4n) is 3.16. The molecule has 1 aliphatic rings. The van der Waals surface area contributed by atoms with Gasteiger partial charge in [0.25, 0.3) is 0 Å². The molecule has 0 aliphatic carbocycles. The second-order valence-electron chi connectivity index (χ2n) is 6.72. The Morgan fingerprint density at radius 2 is 1.90 bits per heavy atom. The van der Waals surface area contributed by atoms with Gasteiger partial charge in [0.05, 0.1) is 6.61 Å². The molecule has 29 heavy (non-hydrogen) atoms. The molecule has 0 saturated heterocycles. The summed E-state index contributed by atoms with van der Waals surface area (Å²) in [4.78, 5) is 12.3. The number of nitrogens with one attached hydrogen (secondary N) is 1. The van der Waals surface area contributed by atoms with Crippen LogP contribution in [0.25, 0.3) is 0 Å². The summed E-state index contributed by atoms with van der Waals surface area (Å²) in [7, 11) is 0. The SMILES string of the molecule is CC(=O)Nc1ccc(SCc2cc(Br)cc3c2O[C@H](c2ccccc2)OC3)cc1. The van der Waals surface area contributed by atoms with Crippen molar-refractivity contribution >= 4 is 39.3 Å². The lowest BCUT2D eigenvalue weighted by atomic mass is 10.1. The Morgan fingerprint density at radius 3 is 2.62 bits per heavy atom. The zero-order valence-electron chi connectivity index (χ0n) is 15.9. The summed E-state index contributed by atoms with van der Waals surface area (Å²) >= 11 is 5.32. The molecule has 1 heterocycles. The molecule has 4 rings (SSSR count). The fraction of sp³-hybridized carbons (Fsp3) is 0.174. The molecule has 0 spiro atoms. The van der Waals surface area contributed by atoms with Gasteiger partial charge in [0, 0.05) is 44.4 Å². The Labute approximate surface area is 182 Å². The number of fused-ring (bicyclic) bond motifs is 1. The highest BCUT2D eigenvalue weighted by atomic mass is 79.9. The minimum Gasteiger partial charge on any atom is -0.460 e. The summed E-state index contributed by atoms with van der Waals surface area (Å²) in [6.45, 7) is 2.02. The van der Waals surface area contributed by atoms with Crippen molar-refractivity contribution in [3.8, 4) is 5.75 Å². The van der Waals surface area contributed by atoms with E-state index in [1.807, 2.05) is 60.7 Å². The molecule has 0 radical (unpaired) electrons. The molecule has 4 nitrogen and oxygen atoms in total. The number of ether oxygens (including phenoxy) is 2. The predicted molar refractivity (Wildman–Crippen MR) is 119 cm³/mol. The molecule has 0 saturated carbocycles. The molecule has 0 unspecified atom stereocenters. The van der Waals surface area contributed by atoms with Crippen LogP contribution in [-0.2, 0) is 21.9 Å². The van der Waals surface area contributed by atoms with Gasteiger partial charge in [0.2, 0.25) is 12.2 Å². The van der Waals surface area contributed by atoms with E-state index in [2.05, 4.69) is 27.3 Å². The molecular weight excluding hydrogens is 450 g/mol. The largest absolute Gasteiger partial charge is 0.460 e. The van der Waals surface area contributed by atoms with Crippen LogP contribution in [0.2, 0.25) is 0 Å². The third-order valence-electron chi connectivity index (χ3n) is 4.46. The van der Waals surface area contributed by atoms with E-state index in [0.29, 0.717) is 6.61 Å². The average Bonchev–Trinajstić information content (AvgIpc) is 2.73. The van der Waals surface area contributed by atoms with Crippen LogP contribution in [0.15, 0.2) is 76.1 Å². The smallest absolute Gasteiger partial charge is 0.227 e. The summed E-state index contributed by atoms with van der Waals surface area (Å²) in [6.07, 6.45) is -0.398. The molecule has 1 N–H and O–H groups in total. The second-order valence-corrected chi connectivity index (χ2v) is 8.68. The lowest BCUT2D eigenvalue weighted by Gasteiger charge is -2.28. The van der Waals surface area contributed by atoms with Gasteiger partial charge in [-0.1, -0.05) is 46.3 Å². The van der Waals surface area contributed by atoms with Crippen molar-refractivity contribution in [1.82, 2.24) is 0 Å². The van der Waals surface area contributed by atoms with Gasteiger partial charge in [-0.15, -0.1) is 11.8 Å². The Hall–Kier alpha value is -2.28. The molecule has 3 aromatic carbocycles. The maximum atomic E-state index is 11.2. The zero-order chi connectivity index (χ0) is 20.2. The second kappa shape index (κ2) is 9.03. The number of amides is 1. The molecule has 1 aliphatic heterocycles. The van der Waals surface area contributed by atoms with Gasteiger partial charge in [-0.25, -0.2) is 0 Å². The summed E-state index contributed by atoms with van der Waals surface area (Å²) in [5.41, 5.74) is 3.97. The predicted octanol–water partition coefficient (Wildman–Crippen LogP) is 6.31. The van der Waals surface area contributed by atoms with Crippen molar-refractivity contribution < 1.29 is 14.3 Å². The first-order valence-corrected chi connectivity index (χ1v) is 11.0. The van der Waals surface area contributed by atoms with Crippen molar-refractivity contribution in [2.75, 3.05) is 5.32 Å². The van der Waals surface area contributed by atoms with E-state index < -0.39 is 6.29 Å². The molecule has 0 fully saturated rings. The van der Waals surface area contributed by atoms with Crippen LogP contribution < -0.4 is 10.1 Å². The summed E-state index contributed by atoms with van der Waals surface area (Å²) < 4.78 is 13.2. The van der Waals surface area contributed by atoms with Crippen LogP contribution in [0.5, 0.6) is 5.75 Å². The van der Waals surface area contributed by atoms with E-state index in [-0.39, 0.29) is 5.91 Å². The first-order valence-electron chi connectivity index (χ1n) is 9.23. The lowest BCUT2D eigenvalue weighted by Crippen LogP contribution is -2.19. The van der Waals surface area contributed by atoms with E-state index >= 15 is 0 Å². The highest BCUT2D eigenvalue weighted by Gasteiger charge is 2.24. The summed E-state index contributed by atoms with van der Waals surface area (Å²) in [6, 6.07) is 22.0. The van der Waals surface area contributed by atoms with E-state index in [4.69, 9.17) is 9.47 Å². The van der Waals surface area contributed by atoms with Crippen molar-refractivity contribution in [3.05, 3.63) is 87.9 Å². The van der Waals surface area contributed by atoms with E-state index in [1.54, 1.807) is 11.8 Å². The molecule has 1 amide bonds. The van der Waals surface area contributed by atoms with Crippen molar-refractivity contribution in [2.45, 2.75) is 30.5 Å². The van der Waals surface area contributed by atoms with Crippen LogP contribution in [0.1, 0.15) is 29.9 Å². The van der Waals surface area contributed by atoms with Gasteiger partial charge in [-0.05, 0) is 36.4 Å². The van der Waals surface area contributed by atoms with Gasteiger partial charge < -0.3 is 14.8 Å². The number of thioether (sulfide) groups is 1. The number of carbonyl (C=O) groups is 1. The minimum absolute atomic E-state index is 0.0708. The van der Waals surface area contributed by atoms with Gasteiger partial charge in [-0.2, -0.15) is 0 Å². The fourth-order valence-corrected chi connectivity index (χ4v) is 4.58. The van der Waals surface area contributed by atoms with Crippen LogP contribution in [0.4, 0.5) is 5.69 Å². The molecular formula is C23H20BrNO3S. The number of anilines is 1. The van der Waals surface area contributed by atoms with E-state index in [1.165, 1.54) is 6.92 Å². The molecule has 1 atom stereocenters. The van der Waals surface area contributed by atoms with Crippen LogP contribution in [0, 0.1) is 0 Å². The first kappa shape index (κ1) is 20.0. The number of hydrogen-bond donors (Lipinski definition) is 1. The number of hydrogen-bond acceptors (Lipinski definition) is 4.